The van der Waals surface area contributed by atoms with E-state index in [1.807, 2.05) is 13.0 Å². The number of nitrogens with one attached hydrogen (secondary N) is 1. The maximum Gasteiger partial charge on any atom is 0.274 e. The summed E-state index contributed by atoms with van der Waals surface area (Å²) in [5.74, 6) is -0.238. The topological polar surface area (TPSA) is 54.9 Å². The van der Waals surface area contributed by atoms with Crippen LogP contribution in [0.3, 0.4) is 0 Å². The van der Waals surface area contributed by atoms with Crippen LogP contribution in [0.4, 0.5) is 5.69 Å². The van der Waals surface area contributed by atoms with Gasteiger partial charge in [0.25, 0.3) is 5.91 Å². The van der Waals surface area contributed by atoms with Crippen LogP contribution in [0.2, 0.25) is 0 Å². The third kappa shape index (κ3) is 3.10. The SMILES string of the molecule is Cc1cccc(C(=O)Nc2ccc(Br)nc2)n1. The first-order chi connectivity index (χ1) is 8.15. The Morgan fingerprint density at radius 2 is 2.12 bits per heavy atom. The molecule has 2 heterocycles. The predicted octanol–water partition coefficient (Wildman–Crippen LogP) is 2.80. The van der Waals surface area contributed by atoms with Gasteiger partial charge in [-0.25, -0.2) is 9.97 Å². The molecule has 86 valence electrons. The molecular weight excluding hydrogens is 282 g/mol. The predicted molar refractivity (Wildman–Crippen MR) is 68.9 cm³/mol. The van der Waals surface area contributed by atoms with E-state index in [0.29, 0.717) is 11.4 Å². The van der Waals surface area contributed by atoms with E-state index >= 15 is 0 Å². The molecule has 5 heteroatoms. The molecule has 2 aromatic rings. The summed E-state index contributed by atoms with van der Waals surface area (Å²) in [4.78, 5) is 20.0. The van der Waals surface area contributed by atoms with Gasteiger partial charge in [0, 0.05) is 5.69 Å². The molecule has 0 bridgehead atoms. The normalized spacial score (nSPS) is 10.0. The van der Waals surface area contributed by atoms with Gasteiger partial charge in [0.1, 0.15) is 10.3 Å². The van der Waals surface area contributed by atoms with Crippen molar-refractivity contribution in [2.24, 2.45) is 0 Å². The molecule has 0 aliphatic carbocycles. The highest BCUT2D eigenvalue weighted by Crippen LogP contribution is 2.11. The Hall–Kier alpha value is -1.75. The first kappa shape index (κ1) is 11.7. The second kappa shape index (κ2) is 5.05. The Balaban J connectivity index is 2.14. The summed E-state index contributed by atoms with van der Waals surface area (Å²) in [5.41, 5.74) is 1.85. The highest BCUT2D eigenvalue weighted by atomic mass is 79.9. The molecule has 0 atom stereocenters. The van der Waals surface area contributed by atoms with Gasteiger partial charge < -0.3 is 5.32 Å². The van der Waals surface area contributed by atoms with Crippen LogP contribution in [0.25, 0.3) is 0 Å². The van der Waals surface area contributed by atoms with Crippen LogP contribution in [0, 0.1) is 6.92 Å². The largest absolute Gasteiger partial charge is 0.319 e. The third-order valence-electron chi connectivity index (χ3n) is 2.11. The van der Waals surface area contributed by atoms with Crippen molar-refractivity contribution in [3.8, 4) is 0 Å². The maximum absolute atomic E-state index is 11.8. The lowest BCUT2D eigenvalue weighted by molar-refractivity contribution is 0.102. The lowest BCUT2D eigenvalue weighted by Crippen LogP contribution is -2.14. The average molecular weight is 292 g/mol. The quantitative estimate of drug-likeness (QED) is 0.866. The number of pyridine rings is 2. The van der Waals surface area contributed by atoms with Gasteiger partial charge in [0.15, 0.2) is 0 Å². The van der Waals surface area contributed by atoms with Crippen molar-refractivity contribution >= 4 is 27.5 Å². The van der Waals surface area contributed by atoms with E-state index in [1.54, 1.807) is 30.5 Å². The van der Waals surface area contributed by atoms with Gasteiger partial charge in [-0.05, 0) is 47.1 Å². The first-order valence-electron chi connectivity index (χ1n) is 5.02. The number of halogens is 1. The molecule has 0 spiro atoms. The fourth-order valence-electron chi connectivity index (χ4n) is 1.31. The number of hydrogen-bond donors (Lipinski definition) is 1. The first-order valence-corrected chi connectivity index (χ1v) is 5.81. The molecule has 1 N–H and O–H groups in total. The molecule has 2 aromatic heterocycles. The number of amides is 1. The number of hydrogen-bond acceptors (Lipinski definition) is 3. The summed E-state index contributed by atoms with van der Waals surface area (Å²) in [6, 6.07) is 8.85. The lowest BCUT2D eigenvalue weighted by atomic mass is 10.3. The van der Waals surface area contributed by atoms with Crippen LogP contribution in [-0.4, -0.2) is 15.9 Å². The van der Waals surface area contributed by atoms with Crippen molar-refractivity contribution < 1.29 is 4.79 Å². The summed E-state index contributed by atoms with van der Waals surface area (Å²) in [6.07, 6.45) is 1.58. The summed E-state index contributed by atoms with van der Waals surface area (Å²) in [6.45, 7) is 1.85. The molecule has 0 aromatic carbocycles. The zero-order valence-corrected chi connectivity index (χ0v) is 10.7. The Morgan fingerprint density at radius 1 is 1.29 bits per heavy atom. The second-order valence-corrected chi connectivity index (χ2v) is 4.30. The molecule has 0 aliphatic rings. The van der Waals surface area contributed by atoms with Gasteiger partial charge in [-0.3, -0.25) is 4.79 Å². The van der Waals surface area contributed by atoms with Gasteiger partial charge in [-0.2, -0.15) is 0 Å². The Labute approximate surface area is 107 Å². The van der Waals surface area contributed by atoms with Crippen LogP contribution in [-0.2, 0) is 0 Å². The van der Waals surface area contributed by atoms with Crippen LogP contribution in [0.1, 0.15) is 16.2 Å². The lowest BCUT2D eigenvalue weighted by Gasteiger charge is -2.04. The van der Waals surface area contributed by atoms with Crippen LogP contribution < -0.4 is 5.32 Å². The van der Waals surface area contributed by atoms with E-state index in [-0.39, 0.29) is 5.91 Å². The number of carbonyl (C=O) groups excluding carboxylic acids is 1. The van der Waals surface area contributed by atoms with Gasteiger partial charge in [0.05, 0.1) is 11.9 Å². The van der Waals surface area contributed by atoms with Crippen molar-refractivity contribution in [3.05, 3.63) is 52.5 Å². The highest BCUT2D eigenvalue weighted by Gasteiger charge is 2.07. The van der Waals surface area contributed by atoms with E-state index in [0.717, 1.165) is 10.3 Å². The molecule has 0 saturated heterocycles. The second-order valence-electron chi connectivity index (χ2n) is 3.49. The molecule has 4 nitrogen and oxygen atoms in total. The fourth-order valence-corrected chi connectivity index (χ4v) is 1.55. The molecular formula is C12H10BrN3O. The van der Waals surface area contributed by atoms with Crippen molar-refractivity contribution in [3.63, 3.8) is 0 Å². The Kier molecular flexibility index (Phi) is 3.49. The standard InChI is InChI=1S/C12H10BrN3O/c1-8-3-2-4-10(15-8)12(17)16-9-5-6-11(13)14-7-9/h2-7H,1H3,(H,16,17). The van der Waals surface area contributed by atoms with Gasteiger partial charge in [-0.1, -0.05) is 6.07 Å². The molecule has 17 heavy (non-hydrogen) atoms. The minimum atomic E-state index is -0.238. The van der Waals surface area contributed by atoms with E-state index in [9.17, 15) is 4.79 Å². The smallest absolute Gasteiger partial charge is 0.274 e. The van der Waals surface area contributed by atoms with Crippen LogP contribution in [0.5, 0.6) is 0 Å². The number of carbonyl (C=O) groups is 1. The average Bonchev–Trinajstić information content (AvgIpc) is 2.32. The zero-order valence-electron chi connectivity index (χ0n) is 9.14. The van der Waals surface area contributed by atoms with Crippen molar-refractivity contribution in [1.82, 2.24) is 9.97 Å². The van der Waals surface area contributed by atoms with Crippen LogP contribution in [0.15, 0.2) is 41.1 Å². The monoisotopic (exact) mass is 291 g/mol. The van der Waals surface area contributed by atoms with Crippen molar-refractivity contribution in [1.29, 1.82) is 0 Å². The minimum absolute atomic E-state index is 0.238. The summed E-state index contributed by atoms with van der Waals surface area (Å²) < 4.78 is 0.726. The fraction of sp³-hybridized carbons (Fsp3) is 0.0833. The molecule has 0 aliphatic heterocycles. The van der Waals surface area contributed by atoms with Gasteiger partial charge in [0.2, 0.25) is 0 Å². The van der Waals surface area contributed by atoms with Gasteiger partial charge >= 0.3 is 0 Å². The van der Waals surface area contributed by atoms with Crippen molar-refractivity contribution in [2.75, 3.05) is 5.32 Å². The third-order valence-corrected chi connectivity index (χ3v) is 2.58. The van der Waals surface area contributed by atoms with E-state index in [4.69, 9.17) is 0 Å². The summed E-state index contributed by atoms with van der Waals surface area (Å²) >= 11 is 3.23. The van der Waals surface area contributed by atoms with Crippen LogP contribution >= 0.6 is 15.9 Å². The zero-order chi connectivity index (χ0) is 12.3. The molecule has 0 radical (unpaired) electrons. The maximum atomic E-state index is 11.8. The van der Waals surface area contributed by atoms with Gasteiger partial charge in [-0.15, -0.1) is 0 Å². The highest BCUT2D eigenvalue weighted by molar-refractivity contribution is 9.10. The number of rotatable bonds is 2. The number of anilines is 1. The number of aromatic nitrogens is 2. The molecule has 2 rings (SSSR count). The van der Waals surface area contributed by atoms with E-state index in [2.05, 4.69) is 31.2 Å². The minimum Gasteiger partial charge on any atom is -0.319 e. The molecule has 0 saturated carbocycles. The summed E-state index contributed by atoms with van der Waals surface area (Å²) in [7, 11) is 0. The van der Waals surface area contributed by atoms with Crippen molar-refractivity contribution in [2.45, 2.75) is 6.92 Å². The van der Waals surface area contributed by atoms with E-state index in [1.165, 1.54) is 0 Å². The number of nitrogens with zero attached hydrogens (tertiary/aromatic N) is 2. The Bertz CT molecular complexity index is 540. The number of aryl methyl sites for hydroxylation is 1. The molecule has 0 fully saturated rings. The Morgan fingerprint density at radius 3 is 2.76 bits per heavy atom. The molecule has 0 unspecified atom stereocenters. The molecule has 1 amide bonds. The summed E-state index contributed by atoms with van der Waals surface area (Å²) in [5, 5.41) is 2.73. The van der Waals surface area contributed by atoms with E-state index < -0.39 is 0 Å².